The van der Waals surface area contributed by atoms with Crippen LogP contribution < -0.4 is 14.4 Å². The molecule has 0 unspecified atom stereocenters. The van der Waals surface area contributed by atoms with Gasteiger partial charge in [-0.25, -0.2) is 9.97 Å². The van der Waals surface area contributed by atoms with Crippen LogP contribution in [0.4, 0.5) is 5.82 Å². The molecule has 0 radical (unpaired) electrons. The lowest BCUT2D eigenvalue weighted by Crippen LogP contribution is -2.46. The lowest BCUT2D eigenvalue weighted by molar-refractivity contribution is 0.174. The van der Waals surface area contributed by atoms with E-state index in [1.54, 1.807) is 12.4 Å². The number of imidazole rings is 1. The SMILES string of the molecule is c1cc(-c2cnc3c(N4CCN(Cc5ccc6c(c5)OCO6)CC4)nccn23)ccn1. The van der Waals surface area contributed by atoms with Gasteiger partial charge in [-0.2, -0.15) is 0 Å². The van der Waals surface area contributed by atoms with Crippen molar-refractivity contribution in [3.63, 3.8) is 0 Å². The van der Waals surface area contributed by atoms with Crippen LogP contribution in [-0.2, 0) is 6.54 Å². The zero-order valence-corrected chi connectivity index (χ0v) is 17.0. The minimum atomic E-state index is 0.312. The second-order valence-corrected chi connectivity index (χ2v) is 7.77. The maximum absolute atomic E-state index is 5.51. The molecule has 1 saturated heterocycles. The number of benzene rings is 1. The van der Waals surface area contributed by atoms with E-state index in [0.29, 0.717) is 6.79 Å². The molecule has 4 aromatic rings. The van der Waals surface area contributed by atoms with E-state index in [-0.39, 0.29) is 0 Å². The number of nitrogens with zero attached hydrogens (tertiary/aromatic N) is 6. The number of aromatic nitrogens is 4. The van der Waals surface area contributed by atoms with E-state index in [1.165, 1.54) is 5.56 Å². The number of pyridine rings is 1. The number of ether oxygens (including phenoxy) is 2. The molecule has 5 heterocycles. The molecule has 0 saturated carbocycles. The first-order valence-corrected chi connectivity index (χ1v) is 10.4. The molecule has 0 spiro atoms. The Kier molecular flexibility index (Phi) is 4.42. The minimum Gasteiger partial charge on any atom is -0.454 e. The highest BCUT2D eigenvalue weighted by Crippen LogP contribution is 2.33. The first kappa shape index (κ1) is 18.1. The van der Waals surface area contributed by atoms with Crippen molar-refractivity contribution in [3.05, 3.63) is 66.9 Å². The number of fused-ring (bicyclic) bond motifs is 2. The molecule has 6 rings (SSSR count). The molecule has 1 aromatic carbocycles. The average molecular weight is 414 g/mol. The Bertz CT molecular complexity index is 1220. The number of piperazine rings is 1. The molecule has 8 nitrogen and oxygen atoms in total. The predicted molar refractivity (Wildman–Crippen MR) is 116 cm³/mol. The van der Waals surface area contributed by atoms with Crippen molar-refractivity contribution in [2.45, 2.75) is 6.54 Å². The lowest BCUT2D eigenvalue weighted by Gasteiger charge is -2.35. The molecule has 31 heavy (non-hydrogen) atoms. The van der Waals surface area contributed by atoms with Crippen LogP contribution >= 0.6 is 0 Å². The molecular weight excluding hydrogens is 392 g/mol. The smallest absolute Gasteiger partial charge is 0.231 e. The second kappa shape index (κ2) is 7.55. The minimum absolute atomic E-state index is 0.312. The average Bonchev–Trinajstić information content (AvgIpc) is 3.47. The van der Waals surface area contributed by atoms with E-state index in [0.717, 1.165) is 66.9 Å². The van der Waals surface area contributed by atoms with Crippen molar-refractivity contribution in [2.24, 2.45) is 0 Å². The second-order valence-electron chi connectivity index (χ2n) is 7.77. The Morgan fingerprint density at radius 2 is 1.71 bits per heavy atom. The highest BCUT2D eigenvalue weighted by atomic mass is 16.7. The van der Waals surface area contributed by atoms with Crippen LogP contribution in [0.25, 0.3) is 16.9 Å². The van der Waals surface area contributed by atoms with Gasteiger partial charge in [-0.1, -0.05) is 6.07 Å². The standard InChI is InChI=1S/C23H22N6O2/c1-2-20-21(31-16-30-20)13-17(1)15-27-9-11-28(12-10-27)22-23-26-14-19(29(23)8-7-25-22)18-3-5-24-6-4-18/h1-8,13-14H,9-12,15-16H2. The van der Waals surface area contributed by atoms with Gasteiger partial charge in [-0.3, -0.25) is 14.3 Å². The summed E-state index contributed by atoms with van der Waals surface area (Å²) in [6.45, 7) is 4.97. The van der Waals surface area contributed by atoms with Crippen molar-refractivity contribution < 1.29 is 9.47 Å². The highest BCUT2D eigenvalue weighted by molar-refractivity contribution is 5.71. The zero-order valence-electron chi connectivity index (χ0n) is 17.0. The molecular formula is C23H22N6O2. The summed E-state index contributed by atoms with van der Waals surface area (Å²) in [7, 11) is 0. The quantitative estimate of drug-likeness (QED) is 0.509. The van der Waals surface area contributed by atoms with Crippen molar-refractivity contribution in [1.29, 1.82) is 0 Å². The molecule has 0 N–H and O–H groups in total. The van der Waals surface area contributed by atoms with Crippen LogP contribution in [0.15, 0.2) is 61.3 Å². The molecule has 2 aliphatic heterocycles. The van der Waals surface area contributed by atoms with Gasteiger partial charge in [0.05, 0.1) is 11.9 Å². The summed E-state index contributed by atoms with van der Waals surface area (Å²) in [5.74, 6) is 2.61. The molecule has 0 aliphatic carbocycles. The summed E-state index contributed by atoms with van der Waals surface area (Å²) in [6.07, 6.45) is 9.34. The Balaban J connectivity index is 1.18. The first-order chi connectivity index (χ1) is 15.3. The number of hydrogen-bond acceptors (Lipinski definition) is 7. The first-order valence-electron chi connectivity index (χ1n) is 10.4. The molecule has 0 bridgehead atoms. The van der Waals surface area contributed by atoms with E-state index in [2.05, 4.69) is 41.3 Å². The topological polar surface area (TPSA) is 68.0 Å². The summed E-state index contributed by atoms with van der Waals surface area (Å²) in [6, 6.07) is 10.2. The molecule has 156 valence electrons. The van der Waals surface area contributed by atoms with Gasteiger partial charge in [-0.15, -0.1) is 0 Å². The molecule has 0 atom stereocenters. The van der Waals surface area contributed by atoms with Gasteiger partial charge < -0.3 is 14.4 Å². The summed E-state index contributed by atoms with van der Waals surface area (Å²) in [4.78, 5) is 18.3. The maximum atomic E-state index is 5.51. The van der Waals surface area contributed by atoms with Gasteiger partial charge in [0.15, 0.2) is 23.0 Å². The summed E-state index contributed by atoms with van der Waals surface area (Å²) in [5, 5.41) is 0. The third kappa shape index (κ3) is 3.34. The fourth-order valence-corrected chi connectivity index (χ4v) is 4.28. The highest BCUT2D eigenvalue weighted by Gasteiger charge is 2.22. The fourth-order valence-electron chi connectivity index (χ4n) is 4.28. The largest absolute Gasteiger partial charge is 0.454 e. The Morgan fingerprint density at radius 1 is 0.871 bits per heavy atom. The van der Waals surface area contributed by atoms with E-state index >= 15 is 0 Å². The van der Waals surface area contributed by atoms with Crippen molar-refractivity contribution in [3.8, 4) is 22.8 Å². The van der Waals surface area contributed by atoms with Gasteiger partial charge in [0.25, 0.3) is 0 Å². The van der Waals surface area contributed by atoms with Crippen LogP contribution in [0.2, 0.25) is 0 Å². The number of anilines is 1. The summed E-state index contributed by atoms with van der Waals surface area (Å²) >= 11 is 0. The van der Waals surface area contributed by atoms with Crippen LogP contribution in [0.1, 0.15) is 5.56 Å². The Hall–Kier alpha value is -3.65. The van der Waals surface area contributed by atoms with Gasteiger partial charge in [0, 0.05) is 63.1 Å². The van der Waals surface area contributed by atoms with Crippen LogP contribution in [0.3, 0.4) is 0 Å². The van der Waals surface area contributed by atoms with Crippen LogP contribution in [-0.4, -0.2) is 57.2 Å². The third-order valence-corrected chi connectivity index (χ3v) is 5.90. The van der Waals surface area contributed by atoms with Crippen molar-refractivity contribution >= 4 is 11.5 Å². The van der Waals surface area contributed by atoms with E-state index in [9.17, 15) is 0 Å². The van der Waals surface area contributed by atoms with Gasteiger partial charge >= 0.3 is 0 Å². The fraction of sp³-hybridized carbons (Fsp3) is 0.261. The van der Waals surface area contributed by atoms with E-state index in [1.807, 2.05) is 36.8 Å². The number of rotatable bonds is 4. The Labute approximate surface area is 179 Å². The van der Waals surface area contributed by atoms with Crippen molar-refractivity contribution in [2.75, 3.05) is 37.9 Å². The monoisotopic (exact) mass is 414 g/mol. The maximum Gasteiger partial charge on any atom is 0.231 e. The molecule has 0 amide bonds. The third-order valence-electron chi connectivity index (χ3n) is 5.90. The predicted octanol–water partition coefficient (Wildman–Crippen LogP) is 2.84. The van der Waals surface area contributed by atoms with Crippen molar-refractivity contribution in [1.82, 2.24) is 24.3 Å². The number of hydrogen-bond donors (Lipinski definition) is 0. The van der Waals surface area contributed by atoms with Gasteiger partial charge in [-0.05, 0) is 29.8 Å². The van der Waals surface area contributed by atoms with Crippen LogP contribution in [0, 0.1) is 0 Å². The van der Waals surface area contributed by atoms with E-state index < -0.39 is 0 Å². The molecule has 2 aliphatic rings. The summed E-state index contributed by atoms with van der Waals surface area (Å²) in [5.41, 5.74) is 4.27. The van der Waals surface area contributed by atoms with Crippen LogP contribution in [0.5, 0.6) is 11.5 Å². The lowest BCUT2D eigenvalue weighted by atomic mass is 10.1. The molecule has 8 heteroatoms. The summed E-state index contributed by atoms with van der Waals surface area (Å²) < 4.78 is 13.0. The zero-order chi connectivity index (χ0) is 20.6. The molecule has 1 fully saturated rings. The molecule has 3 aromatic heterocycles. The van der Waals surface area contributed by atoms with E-state index in [4.69, 9.17) is 9.47 Å². The Morgan fingerprint density at radius 3 is 2.58 bits per heavy atom. The van der Waals surface area contributed by atoms with Gasteiger partial charge in [0.2, 0.25) is 6.79 Å². The normalized spacial score (nSPS) is 16.2. The van der Waals surface area contributed by atoms with Gasteiger partial charge in [0.1, 0.15) is 0 Å².